The van der Waals surface area contributed by atoms with Crippen LogP contribution in [0.4, 0.5) is 0 Å². The summed E-state index contributed by atoms with van der Waals surface area (Å²) in [5.41, 5.74) is 2.88. The average molecular weight is 392 g/mol. The molecule has 1 aromatic heterocycles. The van der Waals surface area contributed by atoms with Gasteiger partial charge in [0.05, 0.1) is 16.0 Å². The van der Waals surface area contributed by atoms with Crippen molar-refractivity contribution < 1.29 is 9.53 Å². The third kappa shape index (κ3) is 4.38. The normalized spacial score (nSPS) is 11.0. The molecule has 3 aromatic carbocycles. The third-order valence-corrected chi connectivity index (χ3v) is 6.19. The smallest absolute Gasteiger partial charge is 0.317 e. The van der Waals surface area contributed by atoms with Crippen molar-refractivity contribution in [2.24, 2.45) is 0 Å². The average Bonchev–Trinajstić information content (AvgIpc) is 3.15. The number of carbonyl (C=O) groups excluding carboxylic acids is 1. The van der Waals surface area contributed by atoms with Crippen LogP contribution in [0.1, 0.15) is 17.2 Å². The van der Waals surface area contributed by atoms with Gasteiger partial charge < -0.3 is 4.74 Å². The van der Waals surface area contributed by atoms with Crippen LogP contribution in [-0.4, -0.2) is 16.7 Å². The molecule has 0 bridgehead atoms. The van der Waals surface area contributed by atoms with Gasteiger partial charge in [-0.05, 0) is 23.3 Å². The van der Waals surface area contributed by atoms with Crippen molar-refractivity contribution in [3.63, 3.8) is 0 Å². The van der Waals surface area contributed by atoms with Crippen LogP contribution in [-0.2, 0) is 9.53 Å². The minimum Gasteiger partial charge on any atom is -0.452 e. The maximum absolute atomic E-state index is 12.5. The van der Waals surface area contributed by atoms with Gasteiger partial charge >= 0.3 is 5.97 Å². The van der Waals surface area contributed by atoms with Crippen LogP contribution in [0.3, 0.4) is 0 Å². The highest BCUT2D eigenvalue weighted by molar-refractivity contribution is 8.01. The second kappa shape index (κ2) is 8.37. The number of para-hydroxylation sites is 1. The molecule has 0 fully saturated rings. The van der Waals surface area contributed by atoms with E-state index in [0.717, 1.165) is 25.7 Å². The zero-order chi connectivity index (χ0) is 18.5. The largest absolute Gasteiger partial charge is 0.452 e. The molecule has 134 valence electrons. The van der Waals surface area contributed by atoms with E-state index in [1.54, 1.807) is 11.3 Å². The van der Waals surface area contributed by atoms with Gasteiger partial charge in [0.1, 0.15) is 0 Å². The Morgan fingerprint density at radius 2 is 1.48 bits per heavy atom. The van der Waals surface area contributed by atoms with Crippen molar-refractivity contribution in [1.82, 2.24) is 4.98 Å². The minimum atomic E-state index is -0.407. The molecule has 4 rings (SSSR count). The van der Waals surface area contributed by atoms with Crippen molar-refractivity contribution in [2.45, 2.75) is 10.4 Å². The number of hydrogen-bond donors (Lipinski definition) is 0. The second-order valence-corrected chi connectivity index (χ2v) is 8.18. The Morgan fingerprint density at radius 1 is 0.889 bits per heavy atom. The second-order valence-electron chi connectivity index (χ2n) is 5.93. The van der Waals surface area contributed by atoms with E-state index in [9.17, 15) is 4.79 Å². The first-order valence-corrected chi connectivity index (χ1v) is 10.4. The Bertz CT molecular complexity index is 959. The number of hydrogen-bond acceptors (Lipinski definition) is 5. The van der Waals surface area contributed by atoms with Gasteiger partial charge in [0, 0.05) is 0 Å². The Morgan fingerprint density at radius 3 is 2.11 bits per heavy atom. The number of fused-ring (bicyclic) bond motifs is 1. The number of thioether (sulfide) groups is 1. The van der Waals surface area contributed by atoms with Gasteiger partial charge in [-0.2, -0.15) is 0 Å². The van der Waals surface area contributed by atoms with Crippen molar-refractivity contribution in [2.75, 3.05) is 5.75 Å². The predicted octanol–water partition coefficient (Wildman–Crippen LogP) is 5.72. The van der Waals surface area contributed by atoms with E-state index in [0.29, 0.717) is 0 Å². The molecule has 3 nitrogen and oxygen atoms in total. The molecule has 0 atom stereocenters. The highest BCUT2D eigenvalue weighted by Gasteiger charge is 2.19. The van der Waals surface area contributed by atoms with E-state index < -0.39 is 6.10 Å². The van der Waals surface area contributed by atoms with Crippen LogP contribution < -0.4 is 0 Å². The topological polar surface area (TPSA) is 39.2 Å². The molecular formula is C22H17NO2S2. The van der Waals surface area contributed by atoms with Crippen LogP contribution in [0.2, 0.25) is 0 Å². The van der Waals surface area contributed by atoms with Gasteiger partial charge in [-0.1, -0.05) is 84.6 Å². The first-order valence-electron chi connectivity index (χ1n) is 8.57. The summed E-state index contributed by atoms with van der Waals surface area (Å²) in [4.78, 5) is 17.1. The first kappa shape index (κ1) is 17.8. The minimum absolute atomic E-state index is 0.232. The number of rotatable bonds is 6. The van der Waals surface area contributed by atoms with Crippen LogP contribution in [0.5, 0.6) is 0 Å². The van der Waals surface area contributed by atoms with Crippen molar-refractivity contribution in [3.8, 4) is 0 Å². The maximum atomic E-state index is 12.5. The van der Waals surface area contributed by atoms with Crippen molar-refractivity contribution in [1.29, 1.82) is 0 Å². The molecule has 0 unspecified atom stereocenters. The van der Waals surface area contributed by atoms with Crippen molar-refractivity contribution in [3.05, 3.63) is 96.1 Å². The molecule has 4 aromatic rings. The lowest BCUT2D eigenvalue weighted by atomic mass is 10.0. The highest BCUT2D eigenvalue weighted by atomic mass is 32.2. The Kier molecular flexibility index (Phi) is 5.51. The lowest BCUT2D eigenvalue weighted by Gasteiger charge is -2.18. The summed E-state index contributed by atoms with van der Waals surface area (Å²) >= 11 is 3.01. The van der Waals surface area contributed by atoms with Gasteiger partial charge in [-0.15, -0.1) is 11.3 Å². The molecule has 0 radical (unpaired) electrons. The van der Waals surface area contributed by atoms with E-state index in [4.69, 9.17) is 4.74 Å². The molecule has 27 heavy (non-hydrogen) atoms. The molecule has 0 aliphatic heterocycles. The Labute approximate surface area is 166 Å². The van der Waals surface area contributed by atoms with Gasteiger partial charge in [0.15, 0.2) is 10.4 Å². The van der Waals surface area contributed by atoms with E-state index in [-0.39, 0.29) is 11.7 Å². The molecule has 0 saturated heterocycles. The summed E-state index contributed by atoms with van der Waals surface area (Å²) < 4.78 is 7.84. The summed E-state index contributed by atoms with van der Waals surface area (Å²) in [6.45, 7) is 0. The van der Waals surface area contributed by atoms with Crippen LogP contribution in [0, 0.1) is 0 Å². The molecule has 0 aliphatic rings. The lowest BCUT2D eigenvalue weighted by molar-refractivity contribution is -0.144. The summed E-state index contributed by atoms with van der Waals surface area (Å²) in [7, 11) is 0. The van der Waals surface area contributed by atoms with Gasteiger partial charge in [-0.25, -0.2) is 4.98 Å². The number of esters is 1. The highest BCUT2D eigenvalue weighted by Crippen LogP contribution is 2.31. The Balaban J connectivity index is 1.47. The fourth-order valence-electron chi connectivity index (χ4n) is 2.78. The molecule has 1 heterocycles. The molecule has 0 amide bonds. The predicted molar refractivity (Wildman–Crippen MR) is 111 cm³/mol. The van der Waals surface area contributed by atoms with Gasteiger partial charge in [-0.3, -0.25) is 4.79 Å². The summed E-state index contributed by atoms with van der Waals surface area (Å²) in [5.74, 6) is -0.0207. The zero-order valence-electron chi connectivity index (χ0n) is 14.4. The van der Waals surface area contributed by atoms with Crippen LogP contribution in [0.15, 0.2) is 89.3 Å². The Hall–Kier alpha value is -2.63. The maximum Gasteiger partial charge on any atom is 0.317 e. The fraction of sp³-hybridized carbons (Fsp3) is 0.0909. The standard InChI is InChI=1S/C22H17NO2S2/c24-20(15-26-22-23-18-13-7-8-14-19(18)27-22)25-21(16-9-3-1-4-10-16)17-11-5-2-6-12-17/h1-14,21H,15H2. The first-order chi connectivity index (χ1) is 13.3. The van der Waals surface area contributed by atoms with E-state index in [1.165, 1.54) is 11.8 Å². The van der Waals surface area contributed by atoms with E-state index >= 15 is 0 Å². The molecule has 0 saturated carbocycles. The van der Waals surface area contributed by atoms with E-state index in [1.807, 2.05) is 84.9 Å². The van der Waals surface area contributed by atoms with Gasteiger partial charge in [0.2, 0.25) is 0 Å². The van der Waals surface area contributed by atoms with Crippen LogP contribution >= 0.6 is 23.1 Å². The monoisotopic (exact) mass is 391 g/mol. The number of benzene rings is 3. The van der Waals surface area contributed by atoms with E-state index in [2.05, 4.69) is 4.98 Å². The number of carbonyl (C=O) groups is 1. The molecule has 0 spiro atoms. The number of nitrogens with zero attached hydrogens (tertiary/aromatic N) is 1. The quantitative estimate of drug-likeness (QED) is 0.311. The lowest BCUT2D eigenvalue weighted by Crippen LogP contribution is -2.14. The molecule has 5 heteroatoms. The fourth-order valence-corrected chi connectivity index (χ4v) is 4.63. The summed E-state index contributed by atoms with van der Waals surface area (Å²) in [6.07, 6.45) is -0.407. The SMILES string of the molecule is O=C(CSc1nc2ccccc2s1)OC(c1ccccc1)c1ccccc1. The third-order valence-electron chi connectivity index (χ3n) is 4.04. The molecule has 0 aliphatic carbocycles. The number of ether oxygens (including phenoxy) is 1. The zero-order valence-corrected chi connectivity index (χ0v) is 16.1. The molecular weight excluding hydrogens is 374 g/mol. The summed E-state index contributed by atoms with van der Waals surface area (Å²) in [6, 6.07) is 27.6. The summed E-state index contributed by atoms with van der Waals surface area (Å²) in [5, 5.41) is 0. The molecule has 0 N–H and O–H groups in total. The van der Waals surface area contributed by atoms with Crippen LogP contribution in [0.25, 0.3) is 10.2 Å². The number of aromatic nitrogens is 1. The van der Waals surface area contributed by atoms with Gasteiger partial charge in [0.25, 0.3) is 0 Å². The van der Waals surface area contributed by atoms with Crippen molar-refractivity contribution >= 4 is 39.3 Å². The number of thiazole rings is 1.